The van der Waals surface area contributed by atoms with Gasteiger partial charge in [0, 0.05) is 12.8 Å². The van der Waals surface area contributed by atoms with Gasteiger partial charge in [-0.05, 0) is 57.8 Å². The Labute approximate surface area is 539 Å². The molecule has 0 aromatic heterocycles. The summed E-state index contributed by atoms with van der Waals surface area (Å²) in [4.78, 5) is 24.6. The van der Waals surface area contributed by atoms with Crippen molar-refractivity contribution in [3.63, 3.8) is 0 Å². The minimum Gasteiger partial charge on any atom is -0.466 e. The first kappa shape index (κ1) is 84.3. The number of unbranched alkanes of at least 4 members (excludes halogenated alkanes) is 60. The van der Waals surface area contributed by atoms with E-state index in [1.165, 1.54) is 366 Å². The third kappa shape index (κ3) is 71.4. The average Bonchev–Trinajstić information content (AvgIpc) is 3.54. The Morgan fingerprint density at radius 3 is 0.907 bits per heavy atom. The van der Waals surface area contributed by atoms with Crippen LogP contribution in [0.3, 0.4) is 0 Å². The number of aliphatic hydroxyl groups is 2. The molecule has 0 spiro atoms. The fraction of sp³-hybridized carbons (Fsp3) is 0.925. The zero-order valence-electron chi connectivity index (χ0n) is 58.6. The van der Waals surface area contributed by atoms with Crippen molar-refractivity contribution in [3.05, 3.63) is 24.3 Å². The standard InChI is InChI=1S/C80H155NO5/c1-3-5-7-9-11-13-15-17-19-20-21-22-35-38-41-45-48-52-56-60-64-68-72-78(83)77(76-82)81-79(84)73-69-65-61-57-53-49-46-42-39-36-33-31-29-27-25-23-24-26-28-30-32-34-37-40-43-47-51-55-59-63-67-71-75-86-80(85)74-70-66-62-58-54-50-44-18-16-14-12-10-8-6-4-2/h12,14,18,44,77-78,82-83H,3-11,13,15-17,19-43,45-76H2,1-2H3,(H,81,84)/b14-12-,44-18-. The molecule has 0 fully saturated rings. The van der Waals surface area contributed by atoms with Crippen LogP contribution in [0.15, 0.2) is 24.3 Å². The number of hydrogen-bond acceptors (Lipinski definition) is 5. The van der Waals surface area contributed by atoms with Crippen molar-refractivity contribution in [2.24, 2.45) is 0 Å². The molecule has 6 heteroatoms. The monoisotopic (exact) mass is 1210 g/mol. The molecule has 86 heavy (non-hydrogen) atoms. The van der Waals surface area contributed by atoms with Gasteiger partial charge in [-0.25, -0.2) is 0 Å². The van der Waals surface area contributed by atoms with E-state index in [4.69, 9.17) is 4.74 Å². The maximum absolute atomic E-state index is 12.6. The van der Waals surface area contributed by atoms with Gasteiger partial charge in [0.2, 0.25) is 5.91 Å². The van der Waals surface area contributed by atoms with E-state index in [1.807, 2.05) is 0 Å². The van der Waals surface area contributed by atoms with Gasteiger partial charge in [-0.15, -0.1) is 0 Å². The molecule has 0 aliphatic heterocycles. The van der Waals surface area contributed by atoms with Gasteiger partial charge in [-0.2, -0.15) is 0 Å². The molecule has 510 valence electrons. The highest BCUT2D eigenvalue weighted by molar-refractivity contribution is 5.76. The fourth-order valence-electron chi connectivity index (χ4n) is 12.7. The molecule has 0 aromatic carbocycles. The van der Waals surface area contributed by atoms with Crippen LogP contribution in [0.5, 0.6) is 0 Å². The van der Waals surface area contributed by atoms with Gasteiger partial charge in [0.1, 0.15) is 0 Å². The zero-order valence-corrected chi connectivity index (χ0v) is 58.6. The van der Waals surface area contributed by atoms with Gasteiger partial charge >= 0.3 is 5.97 Å². The van der Waals surface area contributed by atoms with Crippen molar-refractivity contribution < 1.29 is 24.5 Å². The number of carbonyl (C=O) groups excluding carboxylic acids is 2. The first-order valence-electron chi connectivity index (χ1n) is 39.6. The summed E-state index contributed by atoms with van der Waals surface area (Å²) in [5.41, 5.74) is 0. The molecule has 0 saturated carbocycles. The Balaban J connectivity index is 3.33. The molecular weight excluding hydrogens is 1050 g/mol. The highest BCUT2D eigenvalue weighted by Crippen LogP contribution is 2.20. The van der Waals surface area contributed by atoms with Crippen molar-refractivity contribution in [1.29, 1.82) is 0 Å². The molecule has 0 radical (unpaired) electrons. The summed E-state index contributed by atoms with van der Waals surface area (Å²) < 4.78 is 5.49. The first-order chi connectivity index (χ1) is 42.5. The normalized spacial score (nSPS) is 12.6. The topological polar surface area (TPSA) is 95.9 Å². The minimum absolute atomic E-state index is 0.00811. The number of nitrogens with one attached hydrogen (secondary N) is 1. The summed E-state index contributed by atoms with van der Waals surface area (Å²) in [7, 11) is 0. The number of carbonyl (C=O) groups is 2. The van der Waals surface area contributed by atoms with E-state index in [-0.39, 0.29) is 18.5 Å². The van der Waals surface area contributed by atoms with Crippen molar-refractivity contribution in [3.8, 4) is 0 Å². The lowest BCUT2D eigenvalue weighted by molar-refractivity contribution is -0.143. The van der Waals surface area contributed by atoms with Crippen LogP contribution in [0.4, 0.5) is 0 Å². The van der Waals surface area contributed by atoms with Crippen LogP contribution in [0.25, 0.3) is 0 Å². The third-order valence-corrected chi connectivity index (χ3v) is 18.8. The van der Waals surface area contributed by atoms with E-state index in [2.05, 4.69) is 43.5 Å². The predicted octanol–water partition coefficient (Wildman–Crippen LogP) is 26.0. The molecule has 3 N–H and O–H groups in total. The Kier molecular flexibility index (Phi) is 74.3. The van der Waals surface area contributed by atoms with Crippen LogP contribution >= 0.6 is 0 Å². The van der Waals surface area contributed by atoms with Crippen LogP contribution in [-0.4, -0.2) is 47.4 Å². The molecule has 0 bridgehead atoms. The molecule has 2 unspecified atom stereocenters. The van der Waals surface area contributed by atoms with Crippen LogP contribution < -0.4 is 5.32 Å². The number of rotatable bonds is 75. The molecule has 0 heterocycles. The Hall–Kier alpha value is -1.66. The summed E-state index contributed by atoms with van der Waals surface area (Å²) in [6, 6.07) is -0.539. The van der Waals surface area contributed by atoms with Crippen LogP contribution in [0.2, 0.25) is 0 Å². The van der Waals surface area contributed by atoms with Crippen LogP contribution in [0.1, 0.15) is 450 Å². The van der Waals surface area contributed by atoms with E-state index < -0.39 is 12.1 Å². The SMILES string of the molecule is CCCCC/C=C\C/C=C\CCCCCCCC(=O)OCCCCCCCCCCCCCCCCCCCCCCCCCCCCCCCCCCC(=O)NC(CO)C(O)CCCCCCCCCCCCCCCCCCCCCCCC. The van der Waals surface area contributed by atoms with Crippen molar-refractivity contribution in [2.75, 3.05) is 13.2 Å². The summed E-state index contributed by atoms with van der Waals surface area (Å²) >= 11 is 0. The van der Waals surface area contributed by atoms with E-state index in [0.29, 0.717) is 25.9 Å². The number of amides is 1. The maximum atomic E-state index is 12.6. The Morgan fingerprint density at radius 1 is 0.326 bits per heavy atom. The molecule has 0 aromatic rings. The molecular formula is C80H155NO5. The summed E-state index contributed by atoms with van der Waals surface area (Å²) in [6.45, 7) is 4.97. The second kappa shape index (κ2) is 75.8. The molecule has 2 atom stereocenters. The molecule has 0 aliphatic carbocycles. The lowest BCUT2D eigenvalue weighted by atomic mass is 10.0. The number of aliphatic hydroxyl groups excluding tert-OH is 2. The molecule has 0 saturated heterocycles. The van der Waals surface area contributed by atoms with E-state index in [9.17, 15) is 19.8 Å². The van der Waals surface area contributed by atoms with Crippen molar-refractivity contribution in [1.82, 2.24) is 5.32 Å². The Morgan fingerprint density at radius 2 is 0.581 bits per heavy atom. The van der Waals surface area contributed by atoms with Crippen LogP contribution in [-0.2, 0) is 14.3 Å². The van der Waals surface area contributed by atoms with E-state index in [1.54, 1.807) is 0 Å². The molecule has 0 rings (SSSR count). The highest BCUT2D eigenvalue weighted by atomic mass is 16.5. The third-order valence-electron chi connectivity index (χ3n) is 18.8. The Bertz CT molecular complexity index is 1350. The second-order valence-electron chi connectivity index (χ2n) is 27.4. The molecule has 0 aliphatic rings. The van der Waals surface area contributed by atoms with Gasteiger partial charge in [0.25, 0.3) is 0 Å². The molecule has 6 nitrogen and oxygen atoms in total. The lowest BCUT2D eigenvalue weighted by Crippen LogP contribution is -2.45. The van der Waals surface area contributed by atoms with Gasteiger partial charge in [0.15, 0.2) is 0 Å². The minimum atomic E-state index is -0.662. The zero-order chi connectivity index (χ0) is 62.0. The predicted molar refractivity (Wildman–Crippen MR) is 380 cm³/mol. The summed E-state index contributed by atoms with van der Waals surface area (Å²) in [6.07, 6.45) is 97.0. The number of ether oxygens (including phenoxy) is 1. The molecule has 1 amide bonds. The van der Waals surface area contributed by atoms with Crippen molar-refractivity contribution >= 4 is 11.9 Å². The van der Waals surface area contributed by atoms with Gasteiger partial charge < -0.3 is 20.3 Å². The van der Waals surface area contributed by atoms with Gasteiger partial charge in [-0.3, -0.25) is 9.59 Å². The number of hydrogen-bond donors (Lipinski definition) is 3. The maximum Gasteiger partial charge on any atom is 0.305 e. The smallest absolute Gasteiger partial charge is 0.305 e. The fourth-order valence-corrected chi connectivity index (χ4v) is 12.7. The van der Waals surface area contributed by atoms with Gasteiger partial charge in [-0.1, -0.05) is 404 Å². The van der Waals surface area contributed by atoms with Gasteiger partial charge in [0.05, 0.1) is 25.4 Å². The number of esters is 1. The van der Waals surface area contributed by atoms with E-state index in [0.717, 1.165) is 51.4 Å². The van der Waals surface area contributed by atoms with E-state index >= 15 is 0 Å². The quantitative estimate of drug-likeness (QED) is 0.0320. The number of allylic oxidation sites excluding steroid dienone is 4. The average molecular weight is 1210 g/mol. The largest absolute Gasteiger partial charge is 0.466 e. The van der Waals surface area contributed by atoms with Crippen LogP contribution in [0, 0.1) is 0 Å². The first-order valence-corrected chi connectivity index (χ1v) is 39.6. The second-order valence-corrected chi connectivity index (χ2v) is 27.4. The highest BCUT2D eigenvalue weighted by Gasteiger charge is 2.20. The summed E-state index contributed by atoms with van der Waals surface area (Å²) in [5.74, 6) is -0.0169. The summed E-state index contributed by atoms with van der Waals surface area (Å²) in [5, 5.41) is 23.5. The lowest BCUT2D eigenvalue weighted by Gasteiger charge is -2.22. The van der Waals surface area contributed by atoms with Crippen molar-refractivity contribution in [2.45, 2.75) is 463 Å².